The predicted molar refractivity (Wildman–Crippen MR) is 192 cm³/mol. The molecule has 9 nitrogen and oxygen atoms in total. The van der Waals surface area contributed by atoms with E-state index in [2.05, 4.69) is 10.2 Å². The molecule has 4 N–H and O–H groups in total. The second-order valence-corrected chi connectivity index (χ2v) is 13.0. The van der Waals surface area contributed by atoms with E-state index >= 15 is 0 Å². The van der Waals surface area contributed by atoms with Gasteiger partial charge in [-0.1, -0.05) is 103 Å². The number of unbranched alkanes of at least 4 members (excludes halogenated alkanes) is 1. The highest BCUT2D eigenvalue weighted by molar-refractivity contribution is 5.76. The van der Waals surface area contributed by atoms with Gasteiger partial charge in [0.1, 0.15) is 0 Å². The molecule has 5 atom stereocenters. The maximum Gasteiger partial charge on any atom is 0.303 e. The highest BCUT2D eigenvalue weighted by Gasteiger charge is 2.34. The third-order valence-electron chi connectivity index (χ3n) is 9.43. The molecule has 1 amide bonds. The monoisotopic (exact) mass is 680 g/mol. The van der Waals surface area contributed by atoms with E-state index in [4.69, 9.17) is 14.6 Å². The molecule has 1 aliphatic heterocycles. The van der Waals surface area contributed by atoms with Crippen LogP contribution < -0.4 is 5.32 Å². The number of nitrogens with one attached hydrogen (secondary N) is 1. The van der Waals surface area contributed by atoms with Crippen molar-refractivity contribution in [3.05, 3.63) is 131 Å². The number of aliphatic hydroxyl groups is 2. The van der Waals surface area contributed by atoms with Crippen LogP contribution in [-0.4, -0.2) is 57.8 Å². The zero-order valence-electron chi connectivity index (χ0n) is 28.8. The number of carboxylic acid groups (broad SMARTS) is 1. The first-order valence-corrected chi connectivity index (χ1v) is 17.3. The summed E-state index contributed by atoms with van der Waals surface area (Å²) in [6.45, 7) is 2.95. The summed E-state index contributed by atoms with van der Waals surface area (Å²) in [4.78, 5) is 25.3. The lowest BCUT2D eigenvalue weighted by molar-refractivity contribution is -0.253. The summed E-state index contributed by atoms with van der Waals surface area (Å²) >= 11 is 0. The van der Waals surface area contributed by atoms with Gasteiger partial charge in [-0.2, -0.15) is 0 Å². The van der Waals surface area contributed by atoms with Crippen molar-refractivity contribution in [1.82, 2.24) is 10.2 Å². The number of aliphatic carboxylic acids is 1. The van der Waals surface area contributed by atoms with Crippen molar-refractivity contribution in [1.29, 1.82) is 0 Å². The molecule has 5 rings (SSSR count). The normalized spacial score (nSPS) is 18.8. The molecule has 0 unspecified atom stereocenters. The molecule has 1 aliphatic rings. The van der Waals surface area contributed by atoms with Crippen LogP contribution in [0.25, 0.3) is 11.1 Å². The Labute approximate surface area is 294 Å². The molecule has 9 heteroatoms. The first-order valence-electron chi connectivity index (χ1n) is 17.3. The Morgan fingerprint density at radius 2 is 1.52 bits per heavy atom. The minimum absolute atomic E-state index is 0.0248. The van der Waals surface area contributed by atoms with Gasteiger partial charge in [-0.25, -0.2) is 0 Å². The SMILES string of the molecule is C[C@H]([C@@H](O)c1ccccc1)N(C)C[C@H]1C[C@@H](c2ccc(CO)cc2)O[C@@H](c2ccc(-c3ccccc3CNC(=O)CCCCC(=O)O)cc2)O1. The number of ether oxygens (including phenoxy) is 2. The van der Waals surface area contributed by atoms with Crippen molar-refractivity contribution >= 4 is 11.9 Å². The van der Waals surface area contributed by atoms with Crippen molar-refractivity contribution in [3.8, 4) is 11.1 Å². The zero-order chi connectivity index (χ0) is 35.5. The van der Waals surface area contributed by atoms with Gasteiger partial charge in [-0.05, 0) is 60.2 Å². The molecule has 0 bridgehead atoms. The number of rotatable bonds is 16. The van der Waals surface area contributed by atoms with E-state index in [0.29, 0.717) is 38.8 Å². The van der Waals surface area contributed by atoms with Crippen molar-refractivity contribution in [2.45, 2.75) is 82.8 Å². The molecule has 0 spiro atoms. The second kappa shape index (κ2) is 18.0. The van der Waals surface area contributed by atoms with Crippen LogP contribution in [0.1, 0.15) is 85.3 Å². The zero-order valence-corrected chi connectivity index (χ0v) is 28.8. The van der Waals surface area contributed by atoms with E-state index < -0.39 is 18.4 Å². The van der Waals surface area contributed by atoms with Crippen LogP contribution in [0.2, 0.25) is 0 Å². The molecule has 0 radical (unpaired) electrons. The number of likely N-dealkylation sites (N-methyl/N-ethyl adjacent to an activating group) is 1. The van der Waals surface area contributed by atoms with Crippen LogP contribution in [0.3, 0.4) is 0 Å². The standard InChI is InChI=1S/C41H48N2O7/c1-28(40(48)32-10-4-3-5-11-32)43(2)26-35-24-37(31-18-16-29(27-44)17-19-31)50-41(49-35)33-22-20-30(21-23-33)36-13-7-6-12-34(36)25-42-38(45)14-8-9-15-39(46)47/h3-7,10-13,16-23,28,35,37,40-41,44,48H,8-9,14-15,24-27H2,1-2H3,(H,42,45)(H,46,47)/t28-,35-,37+,40-,41+/m1/s1. The number of hydrogen-bond acceptors (Lipinski definition) is 7. The molecule has 50 heavy (non-hydrogen) atoms. The van der Waals surface area contributed by atoms with Crippen molar-refractivity contribution < 1.29 is 34.4 Å². The van der Waals surface area contributed by atoms with E-state index in [0.717, 1.165) is 38.9 Å². The molecular weight excluding hydrogens is 632 g/mol. The fourth-order valence-corrected chi connectivity index (χ4v) is 6.31. The Balaban J connectivity index is 1.29. The Hall–Kier alpha value is -4.38. The number of nitrogens with zero attached hydrogens (tertiary/aromatic N) is 1. The molecular formula is C41H48N2O7. The number of carboxylic acids is 1. The van der Waals surface area contributed by atoms with Gasteiger partial charge in [-0.15, -0.1) is 0 Å². The minimum Gasteiger partial charge on any atom is -0.481 e. The van der Waals surface area contributed by atoms with Gasteiger partial charge in [0.05, 0.1) is 24.9 Å². The van der Waals surface area contributed by atoms with E-state index in [1.807, 2.05) is 117 Å². The van der Waals surface area contributed by atoms with Crippen LogP contribution in [0.4, 0.5) is 0 Å². The molecule has 1 saturated heterocycles. The minimum atomic E-state index is -0.849. The summed E-state index contributed by atoms with van der Waals surface area (Å²) in [5.74, 6) is -0.950. The molecule has 264 valence electrons. The smallest absolute Gasteiger partial charge is 0.303 e. The van der Waals surface area contributed by atoms with Crippen LogP contribution in [0.15, 0.2) is 103 Å². The van der Waals surface area contributed by atoms with Crippen LogP contribution in [0, 0.1) is 0 Å². The van der Waals surface area contributed by atoms with Gasteiger partial charge in [0, 0.05) is 44.0 Å². The van der Waals surface area contributed by atoms with Crippen molar-refractivity contribution in [3.63, 3.8) is 0 Å². The number of hydrogen-bond donors (Lipinski definition) is 4. The summed E-state index contributed by atoms with van der Waals surface area (Å²) in [5, 5.41) is 32.4. The maximum atomic E-state index is 12.4. The Morgan fingerprint density at radius 3 is 2.22 bits per heavy atom. The largest absolute Gasteiger partial charge is 0.481 e. The average Bonchev–Trinajstić information content (AvgIpc) is 3.15. The lowest BCUT2D eigenvalue weighted by Gasteiger charge is -2.39. The van der Waals surface area contributed by atoms with Crippen LogP contribution in [-0.2, 0) is 32.2 Å². The summed E-state index contributed by atoms with van der Waals surface area (Å²) in [5.41, 5.74) is 6.57. The Morgan fingerprint density at radius 1 is 0.860 bits per heavy atom. The summed E-state index contributed by atoms with van der Waals surface area (Å²) in [6.07, 6.45) is 0.318. The van der Waals surface area contributed by atoms with Gasteiger partial charge in [-0.3, -0.25) is 14.5 Å². The third-order valence-corrected chi connectivity index (χ3v) is 9.43. The molecule has 1 heterocycles. The molecule has 0 aliphatic carbocycles. The number of benzene rings is 4. The predicted octanol–water partition coefficient (Wildman–Crippen LogP) is 6.71. The van der Waals surface area contributed by atoms with Crippen LogP contribution >= 0.6 is 0 Å². The number of carbonyl (C=O) groups is 2. The highest BCUT2D eigenvalue weighted by atomic mass is 16.7. The van der Waals surface area contributed by atoms with Gasteiger partial charge < -0.3 is 30.1 Å². The van der Waals surface area contributed by atoms with E-state index in [-0.39, 0.29) is 37.2 Å². The topological polar surface area (TPSA) is 129 Å². The van der Waals surface area contributed by atoms with E-state index in [1.165, 1.54) is 0 Å². The molecule has 0 aromatic heterocycles. The quantitative estimate of drug-likeness (QED) is 0.0963. The Kier molecular flexibility index (Phi) is 13.3. The number of carbonyl (C=O) groups excluding carboxylic acids is 1. The van der Waals surface area contributed by atoms with Crippen molar-refractivity contribution in [2.75, 3.05) is 13.6 Å². The molecule has 4 aromatic rings. The first kappa shape index (κ1) is 36.9. The molecule has 1 fully saturated rings. The first-order chi connectivity index (χ1) is 24.2. The van der Waals surface area contributed by atoms with Gasteiger partial charge in [0.15, 0.2) is 6.29 Å². The van der Waals surface area contributed by atoms with Gasteiger partial charge in [0.25, 0.3) is 0 Å². The van der Waals surface area contributed by atoms with E-state index in [1.54, 1.807) is 0 Å². The fourth-order valence-electron chi connectivity index (χ4n) is 6.31. The average molecular weight is 681 g/mol. The number of amides is 1. The lowest BCUT2D eigenvalue weighted by atomic mass is 9.97. The second-order valence-electron chi connectivity index (χ2n) is 13.0. The summed E-state index contributed by atoms with van der Waals surface area (Å²) in [7, 11) is 2.00. The Bertz CT molecular complexity index is 1660. The fraction of sp³-hybridized carbons (Fsp3) is 0.366. The summed E-state index contributed by atoms with van der Waals surface area (Å²) < 4.78 is 13.2. The van der Waals surface area contributed by atoms with Gasteiger partial charge in [0.2, 0.25) is 5.91 Å². The third kappa shape index (κ3) is 10.1. The molecule has 0 saturated carbocycles. The molecule has 4 aromatic carbocycles. The lowest BCUT2D eigenvalue weighted by Crippen LogP contribution is -2.43. The highest BCUT2D eigenvalue weighted by Crippen LogP contribution is 2.39. The van der Waals surface area contributed by atoms with E-state index in [9.17, 15) is 19.8 Å². The maximum absolute atomic E-state index is 12.4. The van der Waals surface area contributed by atoms with Crippen LogP contribution in [0.5, 0.6) is 0 Å². The number of aliphatic hydroxyl groups excluding tert-OH is 2. The van der Waals surface area contributed by atoms with Gasteiger partial charge >= 0.3 is 5.97 Å². The van der Waals surface area contributed by atoms with Crippen molar-refractivity contribution in [2.24, 2.45) is 0 Å². The summed E-state index contributed by atoms with van der Waals surface area (Å²) in [6, 6.07) is 33.4.